The lowest BCUT2D eigenvalue weighted by atomic mass is 9.90. The van der Waals surface area contributed by atoms with Gasteiger partial charge in [-0.3, -0.25) is 4.79 Å². The van der Waals surface area contributed by atoms with E-state index in [4.69, 9.17) is 5.73 Å². The second-order valence-corrected chi connectivity index (χ2v) is 6.64. The van der Waals surface area contributed by atoms with Crippen molar-refractivity contribution < 1.29 is 9.59 Å². The van der Waals surface area contributed by atoms with Crippen LogP contribution >= 0.6 is 0 Å². The van der Waals surface area contributed by atoms with Crippen molar-refractivity contribution in [1.29, 1.82) is 0 Å². The fraction of sp³-hybridized carbons (Fsp3) is 0.579. The monoisotopic (exact) mass is 331 g/mol. The number of nitrogens with two attached hydrogens (primary N) is 1. The summed E-state index contributed by atoms with van der Waals surface area (Å²) in [6, 6.07) is 6.07. The number of carbonyl (C=O) groups is 2. The van der Waals surface area contributed by atoms with Gasteiger partial charge in [0.1, 0.15) is 0 Å². The highest BCUT2D eigenvalue weighted by atomic mass is 16.2. The molecule has 1 aliphatic heterocycles. The summed E-state index contributed by atoms with van der Waals surface area (Å²) >= 11 is 0. The lowest BCUT2D eigenvalue weighted by Gasteiger charge is -2.37. The van der Waals surface area contributed by atoms with Crippen molar-refractivity contribution in [2.75, 3.05) is 13.1 Å². The first-order valence-electron chi connectivity index (χ1n) is 8.89. The number of nitrogens with zero attached hydrogens (tertiary/aromatic N) is 1. The standard InChI is InChI=1S/C19H29N3O2/c1-14-8-7-9-16(15(14)2)17-10-4-6-13-22(17)18(23)11-3-5-12-21-19(20)24/h7-9,17H,3-6,10-13H2,1-2H3,(H3,20,21,24)/t17-/m0/s1. The zero-order chi connectivity index (χ0) is 17.5. The maximum atomic E-state index is 12.7. The van der Waals surface area contributed by atoms with Crippen LogP contribution in [0.2, 0.25) is 0 Å². The summed E-state index contributed by atoms with van der Waals surface area (Å²) in [6.07, 6.45) is 5.37. The number of primary amides is 1. The van der Waals surface area contributed by atoms with Crippen molar-refractivity contribution in [1.82, 2.24) is 10.2 Å². The van der Waals surface area contributed by atoms with Crippen molar-refractivity contribution in [3.8, 4) is 0 Å². The minimum Gasteiger partial charge on any atom is -0.352 e. The zero-order valence-electron chi connectivity index (χ0n) is 14.8. The molecular formula is C19H29N3O2. The van der Waals surface area contributed by atoms with Crippen LogP contribution in [0.1, 0.15) is 61.3 Å². The van der Waals surface area contributed by atoms with E-state index in [9.17, 15) is 9.59 Å². The average molecular weight is 331 g/mol. The van der Waals surface area contributed by atoms with E-state index < -0.39 is 6.03 Å². The van der Waals surface area contributed by atoms with Crippen LogP contribution in [-0.2, 0) is 4.79 Å². The van der Waals surface area contributed by atoms with E-state index in [1.807, 2.05) is 0 Å². The van der Waals surface area contributed by atoms with E-state index in [1.54, 1.807) is 0 Å². The fourth-order valence-corrected chi connectivity index (χ4v) is 3.44. The maximum Gasteiger partial charge on any atom is 0.312 e. The van der Waals surface area contributed by atoms with E-state index in [2.05, 4.69) is 42.3 Å². The molecule has 1 atom stereocenters. The van der Waals surface area contributed by atoms with Gasteiger partial charge in [0.2, 0.25) is 5.91 Å². The number of carbonyl (C=O) groups excluding carboxylic acids is 2. The molecule has 0 spiro atoms. The summed E-state index contributed by atoms with van der Waals surface area (Å²) in [5.74, 6) is 0.222. The number of nitrogens with one attached hydrogen (secondary N) is 1. The van der Waals surface area contributed by atoms with Crippen LogP contribution in [0.4, 0.5) is 4.79 Å². The highest BCUT2D eigenvalue weighted by Crippen LogP contribution is 2.34. The molecule has 0 aliphatic carbocycles. The van der Waals surface area contributed by atoms with Gasteiger partial charge < -0.3 is 16.0 Å². The predicted molar refractivity (Wildman–Crippen MR) is 95.7 cm³/mol. The van der Waals surface area contributed by atoms with Gasteiger partial charge >= 0.3 is 6.03 Å². The predicted octanol–water partition coefficient (Wildman–Crippen LogP) is 3.20. The van der Waals surface area contributed by atoms with Gasteiger partial charge in [0.25, 0.3) is 0 Å². The largest absolute Gasteiger partial charge is 0.352 e. The highest BCUT2D eigenvalue weighted by molar-refractivity contribution is 5.77. The smallest absolute Gasteiger partial charge is 0.312 e. The number of benzene rings is 1. The third-order valence-electron chi connectivity index (χ3n) is 4.95. The normalized spacial score (nSPS) is 17.6. The molecule has 0 radical (unpaired) electrons. The van der Waals surface area contributed by atoms with E-state index in [-0.39, 0.29) is 11.9 Å². The fourth-order valence-electron chi connectivity index (χ4n) is 3.44. The van der Waals surface area contributed by atoms with Crippen LogP contribution in [0.3, 0.4) is 0 Å². The zero-order valence-corrected chi connectivity index (χ0v) is 14.8. The van der Waals surface area contributed by atoms with Gasteiger partial charge in [-0.25, -0.2) is 4.79 Å². The first-order chi connectivity index (χ1) is 11.5. The number of unbranched alkanes of at least 4 members (excludes halogenated alkanes) is 1. The minimum absolute atomic E-state index is 0.204. The van der Waals surface area contributed by atoms with Crippen LogP contribution in [0, 0.1) is 13.8 Å². The molecule has 1 aromatic rings. The second kappa shape index (κ2) is 8.71. The van der Waals surface area contributed by atoms with Gasteiger partial charge in [0.15, 0.2) is 0 Å². The Hall–Kier alpha value is -2.04. The van der Waals surface area contributed by atoms with Gasteiger partial charge in [0, 0.05) is 19.5 Å². The Morgan fingerprint density at radius 1 is 1.25 bits per heavy atom. The molecule has 132 valence electrons. The SMILES string of the molecule is Cc1cccc([C@@H]2CCCCN2C(=O)CCCCNC(N)=O)c1C. The van der Waals surface area contributed by atoms with Crippen molar-refractivity contribution >= 4 is 11.9 Å². The molecule has 24 heavy (non-hydrogen) atoms. The molecule has 3 N–H and O–H groups in total. The third-order valence-corrected chi connectivity index (χ3v) is 4.95. The van der Waals surface area contributed by atoms with E-state index in [0.717, 1.165) is 32.2 Å². The van der Waals surface area contributed by atoms with Crippen LogP contribution < -0.4 is 11.1 Å². The number of hydrogen-bond donors (Lipinski definition) is 2. The topological polar surface area (TPSA) is 75.4 Å². The van der Waals surface area contributed by atoms with Crippen molar-refractivity contribution in [2.45, 2.75) is 58.4 Å². The number of hydrogen-bond acceptors (Lipinski definition) is 2. The number of amides is 3. The molecule has 3 amide bonds. The number of likely N-dealkylation sites (tertiary alicyclic amines) is 1. The lowest BCUT2D eigenvalue weighted by Crippen LogP contribution is -2.38. The molecule has 1 heterocycles. The van der Waals surface area contributed by atoms with Gasteiger partial charge in [-0.2, -0.15) is 0 Å². The molecule has 5 nitrogen and oxygen atoms in total. The molecule has 5 heteroatoms. The summed E-state index contributed by atoms with van der Waals surface area (Å²) in [7, 11) is 0. The molecule has 1 aliphatic rings. The van der Waals surface area contributed by atoms with Crippen LogP contribution in [0.25, 0.3) is 0 Å². The van der Waals surface area contributed by atoms with Crippen LogP contribution in [-0.4, -0.2) is 29.9 Å². The summed E-state index contributed by atoms with van der Waals surface area (Å²) in [5, 5.41) is 2.56. The van der Waals surface area contributed by atoms with Crippen LogP contribution in [0.15, 0.2) is 18.2 Å². The van der Waals surface area contributed by atoms with Gasteiger partial charge in [-0.1, -0.05) is 18.2 Å². The summed E-state index contributed by atoms with van der Waals surface area (Å²) in [5.41, 5.74) is 8.90. The lowest BCUT2D eigenvalue weighted by molar-refractivity contribution is -0.135. The van der Waals surface area contributed by atoms with Gasteiger partial charge in [-0.05, 0) is 62.6 Å². The summed E-state index contributed by atoms with van der Waals surface area (Å²) in [4.78, 5) is 25.4. The maximum absolute atomic E-state index is 12.7. The third kappa shape index (κ3) is 4.73. The molecule has 1 saturated heterocycles. The molecular weight excluding hydrogens is 302 g/mol. The Bertz CT molecular complexity index is 586. The number of urea groups is 1. The molecule has 1 fully saturated rings. The number of aryl methyl sites for hydroxylation is 1. The first kappa shape index (κ1) is 18.3. The van der Waals surface area contributed by atoms with E-state index >= 15 is 0 Å². The Kier molecular flexibility index (Phi) is 6.64. The van der Waals surface area contributed by atoms with Gasteiger partial charge in [-0.15, -0.1) is 0 Å². The Balaban J connectivity index is 1.97. The van der Waals surface area contributed by atoms with Gasteiger partial charge in [0.05, 0.1) is 6.04 Å². The first-order valence-corrected chi connectivity index (χ1v) is 8.89. The van der Waals surface area contributed by atoms with Crippen LogP contribution in [0.5, 0.6) is 0 Å². The second-order valence-electron chi connectivity index (χ2n) is 6.64. The molecule has 2 rings (SSSR count). The van der Waals surface area contributed by atoms with E-state index in [1.165, 1.54) is 23.1 Å². The summed E-state index contributed by atoms with van der Waals surface area (Å²) < 4.78 is 0. The van der Waals surface area contributed by atoms with Crippen molar-refractivity contribution in [2.24, 2.45) is 5.73 Å². The molecule has 0 bridgehead atoms. The van der Waals surface area contributed by atoms with E-state index in [0.29, 0.717) is 13.0 Å². The molecule has 0 aromatic heterocycles. The molecule has 1 aromatic carbocycles. The number of rotatable bonds is 6. The number of piperidine rings is 1. The summed E-state index contributed by atoms with van der Waals surface area (Å²) in [6.45, 7) is 5.65. The van der Waals surface area contributed by atoms with Crippen molar-refractivity contribution in [3.63, 3.8) is 0 Å². The quantitative estimate of drug-likeness (QED) is 0.786. The Morgan fingerprint density at radius 3 is 2.79 bits per heavy atom. The highest BCUT2D eigenvalue weighted by Gasteiger charge is 2.28. The Labute approximate surface area is 144 Å². The minimum atomic E-state index is -0.507. The Morgan fingerprint density at radius 2 is 2.04 bits per heavy atom. The molecule has 0 unspecified atom stereocenters. The average Bonchev–Trinajstić information content (AvgIpc) is 2.56. The van der Waals surface area contributed by atoms with Crippen molar-refractivity contribution in [3.05, 3.63) is 34.9 Å². The molecule has 0 saturated carbocycles.